The van der Waals surface area contributed by atoms with Gasteiger partial charge in [-0.05, 0) is 25.5 Å². The van der Waals surface area contributed by atoms with Gasteiger partial charge in [0.25, 0.3) is 11.5 Å². The van der Waals surface area contributed by atoms with E-state index >= 15 is 0 Å². The van der Waals surface area contributed by atoms with Gasteiger partial charge in [0.1, 0.15) is 11.2 Å². The Kier molecular flexibility index (Phi) is 3.47. The van der Waals surface area contributed by atoms with Crippen molar-refractivity contribution in [2.45, 2.75) is 20.0 Å². The zero-order chi connectivity index (χ0) is 15.0. The number of hydrogen-bond donors (Lipinski definition) is 0. The second kappa shape index (κ2) is 5.29. The number of aromatic nitrogens is 2. The molecule has 2 aromatic rings. The summed E-state index contributed by atoms with van der Waals surface area (Å²) >= 11 is 0. The molecule has 1 atom stereocenters. The molecule has 3 heterocycles. The molecule has 6 nitrogen and oxygen atoms in total. The predicted octanol–water partition coefficient (Wildman–Crippen LogP) is 0.864. The number of morpholine rings is 1. The van der Waals surface area contributed by atoms with Gasteiger partial charge in [-0.3, -0.25) is 14.0 Å². The van der Waals surface area contributed by atoms with Gasteiger partial charge in [0.2, 0.25) is 0 Å². The van der Waals surface area contributed by atoms with Crippen molar-refractivity contribution in [3.05, 3.63) is 46.0 Å². The Morgan fingerprint density at radius 2 is 2.24 bits per heavy atom. The van der Waals surface area contributed by atoms with Crippen LogP contribution in [0, 0.1) is 6.92 Å². The Bertz CT molecular complexity index is 753. The summed E-state index contributed by atoms with van der Waals surface area (Å²) in [7, 11) is 0. The molecule has 6 heteroatoms. The zero-order valence-corrected chi connectivity index (χ0v) is 12.1. The van der Waals surface area contributed by atoms with Gasteiger partial charge in [0.15, 0.2) is 0 Å². The minimum Gasteiger partial charge on any atom is -0.375 e. The average molecular weight is 287 g/mol. The molecule has 0 bridgehead atoms. The molecule has 0 aromatic carbocycles. The molecular weight excluding hydrogens is 270 g/mol. The lowest BCUT2D eigenvalue weighted by Gasteiger charge is -2.30. The molecule has 0 aliphatic carbocycles. The van der Waals surface area contributed by atoms with E-state index in [1.165, 1.54) is 10.6 Å². The van der Waals surface area contributed by atoms with Crippen molar-refractivity contribution in [2.75, 3.05) is 19.7 Å². The van der Waals surface area contributed by atoms with Crippen LogP contribution in [0.2, 0.25) is 0 Å². The standard InChI is InChI=1S/C15H17N3O3/c1-10-3-4-13-16-7-12(15(20)18(13)8-10)14(19)17-5-6-21-11(2)9-17/h3-4,7-8,11H,5-6,9H2,1-2H3. The van der Waals surface area contributed by atoms with Gasteiger partial charge >= 0.3 is 0 Å². The number of fused-ring (bicyclic) bond motifs is 1. The van der Waals surface area contributed by atoms with E-state index in [9.17, 15) is 9.59 Å². The van der Waals surface area contributed by atoms with Crippen molar-refractivity contribution >= 4 is 11.6 Å². The van der Waals surface area contributed by atoms with Gasteiger partial charge in [0.05, 0.1) is 12.7 Å². The van der Waals surface area contributed by atoms with Gasteiger partial charge in [-0.1, -0.05) is 6.07 Å². The van der Waals surface area contributed by atoms with Crippen molar-refractivity contribution < 1.29 is 9.53 Å². The van der Waals surface area contributed by atoms with Gasteiger partial charge in [-0.2, -0.15) is 0 Å². The quantitative estimate of drug-likeness (QED) is 0.780. The first-order chi connectivity index (χ1) is 10.1. The Morgan fingerprint density at radius 3 is 3.00 bits per heavy atom. The minimum absolute atomic E-state index is 0.0129. The number of pyridine rings is 1. The first kappa shape index (κ1) is 13.8. The van der Waals surface area contributed by atoms with Gasteiger partial charge in [0, 0.05) is 25.5 Å². The maximum absolute atomic E-state index is 12.5. The SMILES string of the molecule is Cc1ccc2ncc(C(=O)N3CCOC(C)C3)c(=O)n2c1. The van der Waals surface area contributed by atoms with Crippen LogP contribution in [0.25, 0.3) is 5.65 Å². The number of ether oxygens (including phenoxy) is 1. The van der Waals surface area contributed by atoms with Crippen LogP contribution in [-0.2, 0) is 4.74 Å². The Morgan fingerprint density at radius 1 is 1.43 bits per heavy atom. The van der Waals surface area contributed by atoms with Crippen LogP contribution in [0.3, 0.4) is 0 Å². The summed E-state index contributed by atoms with van der Waals surface area (Å²) in [6.07, 6.45) is 3.06. The molecule has 0 N–H and O–H groups in total. The number of carbonyl (C=O) groups excluding carboxylic acids is 1. The molecule has 0 saturated carbocycles. The molecule has 1 unspecified atom stereocenters. The van der Waals surface area contributed by atoms with Gasteiger partial charge in [-0.25, -0.2) is 4.98 Å². The fraction of sp³-hybridized carbons (Fsp3) is 0.400. The maximum atomic E-state index is 12.5. The lowest BCUT2D eigenvalue weighted by Crippen LogP contribution is -2.46. The summed E-state index contributed by atoms with van der Waals surface area (Å²) in [5.41, 5.74) is 1.26. The smallest absolute Gasteiger partial charge is 0.270 e. The second-order valence-corrected chi connectivity index (χ2v) is 5.34. The first-order valence-corrected chi connectivity index (χ1v) is 6.95. The van der Waals surface area contributed by atoms with E-state index in [2.05, 4.69) is 4.98 Å². The number of nitrogens with zero attached hydrogens (tertiary/aromatic N) is 3. The number of amides is 1. The number of carbonyl (C=O) groups is 1. The summed E-state index contributed by atoms with van der Waals surface area (Å²) in [6.45, 7) is 5.29. The van der Waals surface area contributed by atoms with Gasteiger partial charge in [-0.15, -0.1) is 0 Å². The molecule has 21 heavy (non-hydrogen) atoms. The molecule has 1 aliphatic heterocycles. The van der Waals surface area contributed by atoms with Crippen LogP contribution in [0.1, 0.15) is 22.8 Å². The lowest BCUT2D eigenvalue weighted by atomic mass is 10.2. The minimum atomic E-state index is -0.326. The number of rotatable bonds is 1. The Balaban J connectivity index is 2.02. The molecule has 1 saturated heterocycles. The normalized spacial score (nSPS) is 19.0. The van der Waals surface area contributed by atoms with Crippen LogP contribution in [0.5, 0.6) is 0 Å². The fourth-order valence-electron chi connectivity index (χ4n) is 2.50. The summed E-state index contributed by atoms with van der Waals surface area (Å²) in [5.74, 6) is -0.279. The van der Waals surface area contributed by atoms with Crippen LogP contribution in [-0.4, -0.2) is 46.0 Å². The van der Waals surface area contributed by atoms with E-state index in [1.54, 1.807) is 17.2 Å². The molecule has 1 fully saturated rings. The maximum Gasteiger partial charge on any atom is 0.270 e. The summed E-state index contributed by atoms with van der Waals surface area (Å²) in [4.78, 5) is 30.9. The van der Waals surface area contributed by atoms with Crippen molar-refractivity contribution in [2.24, 2.45) is 0 Å². The molecule has 0 spiro atoms. The predicted molar refractivity (Wildman–Crippen MR) is 77.5 cm³/mol. The average Bonchev–Trinajstić information content (AvgIpc) is 2.47. The van der Waals surface area contributed by atoms with E-state index < -0.39 is 0 Å². The van der Waals surface area contributed by atoms with Crippen LogP contribution in [0.15, 0.2) is 29.3 Å². The number of aryl methyl sites for hydroxylation is 1. The molecule has 1 amide bonds. The third kappa shape index (κ3) is 2.54. The van der Waals surface area contributed by atoms with Crippen LogP contribution < -0.4 is 5.56 Å². The van der Waals surface area contributed by atoms with Crippen LogP contribution >= 0.6 is 0 Å². The van der Waals surface area contributed by atoms with Crippen LogP contribution in [0.4, 0.5) is 0 Å². The fourth-order valence-corrected chi connectivity index (χ4v) is 2.50. The molecule has 0 radical (unpaired) electrons. The highest BCUT2D eigenvalue weighted by molar-refractivity contribution is 5.93. The highest BCUT2D eigenvalue weighted by atomic mass is 16.5. The monoisotopic (exact) mass is 287 g/mol. The van der Waals surface area contributed by atoms with E-state index in [-0.39, 0.29) is 23.1 Å². The largest absolute Gasteiger partial charge is 0.375 e. The first-order valence-electron chi connectivity index (χ1n) is 6.95. The third-order valence-electron chi connectivity index (χ3n) is 3.61. The second-order valence-electron chi connectivity index (χ2n) is 5.34. The van der Waals surface area contributed by atoms with E-state index in [1.807, 2.05) is 19.9 Å². The van der Waals surface area contributed by atoms with Crippen molar-refractivity contribution in [3.63, 3.8) is 0 Å². The van der Waals surface area contributed by atoms with Crippen molar-refractivity contribution in [1.29, 1.82) is 0 Å². The van der Waals surface area contributed by atoms with Crippen molar-refractivity contribution in [1.82, 2.24) is 14.3 Å². The van der Waals surface area contributed by atoms with E-state index in [0.29, 0.717) is 25.3 Å². The highest BCUT2D eigenvalue weighted by Crippen LogP contribution is 2.09. The summed E-state index contributed by atoms with van der Waals surface area (Å²) < 4.78 is 6.84. The molecule has 3 rings (SSSR count). The third-order valence-corrected chi connectivity index (χ3v) is 3.61. The van der Waals surface area contributed by atoms with Gasteiger partial charge < -0.3 is 9.64 Å². The Hall–Kier alpha value is -2.21. The molecule has 110 valence electrons. The topological polar surface area (TPSA) is 63.9 Å². The lowest BCUT2D eigenvalue weighted by molar-refractivity contribution is -0.0125. The molecular formula is C15H17N3O3. The van der Waals surface area contributed by atoms with Crippen molar-refractivity contribution in [3.8, 4) is 0 Å². The molecule has 2 aromatic heterocycles. The Labute approximate surface area is 122 Å². The van der Waals surface area contributed by atoms with E-state index in [0.717, 1.165) is 5.56 Å². The molecule has 1 aliphatic rings. The summed E-state index contributed by atoms with van der Waals surface area (Å²) in [5, 5.41) is 0. The highest BCUT2D eigenvalue weighted by Gasteiger charge is 2.25. The zero-order valence-electron chi connectivity index (χ0n) is 12.1. The summed E-state index contributed by atoms with van der Waals surface area (Å²) in [6, 6.07) is 3.65. The number of hydrogen-bond acceptors (Lipinski definition) is 4. The van der Waals surface area contributed by atoms with E-state index in [4.69, 9.17) is 4.74 Å².